The topological polar surface area (TPSA) is 44.4 Å². The van der Waals surface area contributed by atoms with Gasteiger partial charge in [0.05, 0.1) is 12.6 Å². The van der Waals surface area contributed by atoms with Crippen molar-refractivity contribution in [3.05, 3.63) is 34.9 Å². The molecule has 2 N–H and O–H groups in total. The number of nitrogens with one attached hydrogen (secondary N) is 2. The van der Waals surface area contributed by atoms with Crippen molar-refractivity contribution in [1.29, 1.82) is 0 Å². The summed E-state index contributed by atoms with van der Waals surface area (Å²) in [6, 6.07) is 8.10. The second kappa shape index (κ2) is 7.78. The molecule has 0 bridgehead atoms. The number of nitrogens with zero attached hydrogens (tertiary/aromatic N) is 1. The lowest BCUT2D eigenvalue weighted by Crippen LogP contribution is -2.48. The van der Waals surface area contributed by atoms with E-state index in [1.54, 1.807) is 0 Å². The number of likely N-dealkylation sites (N-methyl/N-ethyl adjacent to an activating group) is 1. The average Bonchev–Trinajstić information content (AvgIpc) is 2.47. The fourth-order valence-electron chi connectivity index (χ4n) is 2.76. The van der Waals surface area contributed by atoms with Crippen LogP contribution in [-0.4, -0.2) is 43.5 Å². The third-order valence-corrected chi connectivity index (χ3v) is 4.28. The molecule has 1 aromatic carbocycles. The monoisotopic (exact) mass is 309 g/mol. The fraction of sp³-hybridized carbons (Fsp3) is 0.562. The van der Waals surface area contributed by atoms with Gasteiger partial charge in [0.15, 0.2) is 0 Å². The van der Waals surface area contributed by atoms with Crippen LogP contribution < -0.4 is 10.6 Å². The van der Waals surface area contributed by atoms with Crippen LogP contribution in [0.25, 0.3) is 0 Å². The lowest BCUT2D eigenvalue weighted by atomic mass is 10.1. The van der Waals surface area contributed by atoms with Crippen molar-refractivity contribution in [2.24, 2.45) is 0 Å². The summed E-state index contributed by atoms with van der Waals surface area (Å²) in [5, 5.41) is 7.06. The molecule has 1 amide bonds. The van der Waals surface area contributed by atoms with E-state index in [4.69, 9.17) is 11.6 Å². The molecule has 5 heteroatoms. The van der Waals surface area contributed by atoms with Gasteiger partial charge in [0.25, 0.3) is 0 Å². The summed E-state index contributed by atoms with van der Waals surface area (Å²) in [5.74, 6) is 0.0780. The molecule has 0 spiro atoms. The van der Waals surface area contributed by atoms with E-state index < -0.39 is 0 Å². The summed E-state index contributed by atoms with van der Waals surface area (Å²) in [4.78, 5) is 14.4. The zero-order chi connectivity index (χ0) is 15.2. The number of carbonyl (C=O) groups excluding carboxylic acids is 1. The maximum atomic E-state index is 12.2. The minimum Gasteiger partial charge on any atom is -0.348 e. The average molecular weight is 310 g/mol. The van der Waals surface area contributed by atoms with Crippen molar-refractivity contribution in [3.8, 4) is 0 Å². The molecule has 2 rings (SSSR count). The van der Waals surface area contributed by atoms with Gasteiger partial charge in [0.1, 0.15) is 0 Å². The molecule has 4 nitrogen and oxygen atoms in total. The highest BCUT2D eigenvalue weighted by Crippen LogP contribution is 2.16. The van der Waals surface area contributed by atoms with Crippen LogP contribution in [0.4, 0.5) is 0 Å². The molecule has 21 heavy (non-hydrogen) atoms. The first kappa shape index (κ1) is 16.3. The Bertz CT molecular complexity index is 463. The summed E-state index contributed by atoms with van der Waals surface area (Å²) in [6.07, 6.45) is 2.33. The van der Waals surface area contributed by atoms with Gasteiger partial charge in [0, 0.05) is 17.6 Å². The van der Waals surface area contributed by atoms with E-state index >= 15 is 0 Å². The molecule has 0 radical (unpaired) electrons. The largest absolute Gasteiger partial charge is 0.348 e. The first-order valence-electron chi connectivity index (χ1n) is 7.53. The zero-order valence-corrected chi connectivity index (χ0v) is 13.5. The van der Waals surface area contributed by atoms with Crippen LogP contribution in [0.1, 0.15) is 31.4 Å². The Hall–Kier alpha value is -1.10. The lowest BCUT2D eigenvalue weighted by molar-refractivity contribution is -0.123. The van der Waals surface area contributed by atoms with Crippen molar-refractivity contribution < 1.29 is 4.79 Å². The Labute approximate surface area is 131 Å². The van der Waals surface area contributed by atoms with Gasteiger partial charge < -0.3 is 10.6 Å². The van der Waals surface area contributed by atoms with Gasteiger partial charge in [-0.3, -0.25) is 9.69 Å². The fourth-order valence-corrected chi connectivity index (χ4v) is 2.89. The van der Waals surface area contributed by atoms with Crippen molar-refractivity contribution >= 4 is 17.5 Å². The highest BCUT2D eigenvalue weighted by Gasteiger charge is 2.20. The minimum absolute atomic E-state index is 0.000320. The van der Waals surface area contributed by atoms with E-state index in [2.05, 4.69) is 15.5 Å². The van der Waals surface area contributed by atoms with Gasteiger partial charge in [-0.2, -0.15) is 0 Å². The number of benzene rings is 1. The second-order valence-electron chi connectivity index (χ2n) is 5.70. The van der Waals surface area contributed by atoms with Gasteiger partial charge in [-0.25, -0.2) is 0 Å². The lowest BCUT2D eigenvalue weighted by Gasteiger charge is -2.32. The molecule has 0 saturated carbocycles. The third-order valence-electron chi connectivity index (χ3n) is 4.03. The molecular formula is C16H24ClN3O. The molecule has 1 fully saturated rings. The van der Waals surface area contributed by atoms with Crippen molar-refractivity contribution in [1.82, 2.24) is 15.5 Å². The molecule has 0 aromatic heterocycles. The maximum Gasteiger partial charge on any atom is 0.234 e. The van der Waals surface area contributed by atoms with Gasteiger partial charge in [-0.15, -0.1) is 0 Å². The molecule has 116 valence electrons. The molecular weight excluding hydrogens is 286 g/mol. The first-order valence-corrected chi connectivity index (χ1v) is 7.90. The number of carbonyl (C=O) groups is 1. The molecule has 2 atom stereocenters. The maximum absolute atomic E-state index is 12.2. The van der Waals surface area contributed by atoms with E-state index in [1.165, 1.54) is 6.42 Å². The summed E-state index contributed by atoms with van der Waals surface area (Å²) in [6.45, 7) is 4.41. The number of rotatable bonds is 5. The molecule has 0 aliphatic carbocycles. The van der Waals surface area contributed by atoms with Gasteiger partial charge in [0.2, 0.25) is 5.91 Å². The van der Waals surface area contributed by atoms with Crippen LogP contribution in [0.3, 0.4) is 0 Å². The van der Waals surface area contributed by atoms with Crippen LogP contribution >= 0.6 is 11.6 Å². The Morgan fingerprint density at radius 3 is 2.81 bits per heavy atom. The molecule has 1 aliphatic rings. The first-order chi connectivity index (χ1) is 10.1. The standard InChI is InChI=1S/C16H24ClN3O/c1-12(13-5-7-14(17)8-6-13)19-16(21)11-20-9-3-4-15(10-20)18-2/h5-8,12,15,18H,3-4,9-11H2,1-2H3,(H,19,21). The summed E-state index contributed by atoms with van der Waals surface area (Å²) < 4.78 is 0. The molecule has 1 heterocycles. The second-order valence-corrected chi connectivity index (χ2v) is 6.14. The third kappa shape index (κ3) is 4.99. The highest BCUT2D eigenvalue weighted by atomic mass is 35.5. The van der Waals surface area contributed by atoms with E-state index in [9.17, 15) is 4.79 Å². The predicted octanol–water partition coefficient (Wildman–Crippen LogP) is 2.20. The van der Waals surface area contributed by atoms with Gasteiger partial charge in [-0.05, 0) is 51.1 Å². The van der Waals surface area contributed by atoms with Crippen LogP contribution in [0.5, 0.6) is 0 Å². The van der Waals surface area contributed by atoms with Crippen molar-refractivity contribution in [3.63, 3.8) is 0 Å². The zero-order valence-electron chi connectivity index (χ0n) is 12.7. The number of hydrogen-bond acceptors (Lipinski definition) is 3. The SMILES string of the molecule is CNC1CCCN(CC(=O)NC(C)c2ccc(Cl)cc2)C1. The highest BCUT2D eigenvalue weighted by molar-refractivity contribution is 6.30. The van der Waals surface area contributed by atoms with E-state index in [0.717, 1.165) is 25.1 Å². The minimum atomic E-state index is -0.000320. The van der Waals surface area contributed by atoms with Crippen LogP contribution in [0.15, 0.2) is 24.3 Å². The number of hydrogen-bond donors (Lipinski definition) is 2. The molecule has 1 saturated heterocycles. The Balaban J connectivity index is 1.82. The van der Waals surface area contributed by atoms with Crippen LogP contribution in [0, 0.1) is 0 Å². The smallest absolute Gasteiger partial charge is 0.234 e. The summed E-state index contributed by atoms with van der Waals surface area (Å²) in [5.41, 5.74) is 1.07. The van der Waals surface area contributed by atoms with Crippen molar-refractivity contribution in [2.75, 3.05) is 26.7 Å². The summed E-state index contributed by atoms with van der Waals surface area (Å²) >= 11 is 5.88. The number of halogens is 1. The van der Waals surface area contributed by atoms with Crippen LogP contribution in [0.2, 0.25) is 5.02 Å². The number of piperidine rings is 1. The molecule has 1 aromatic rings. The summed E-state index contributed by atoms with van der Waals surface area (Å²) in [7, 11) is 1.98. The van der Waals surface area contributed by atoms with E-state index in [-0.39, 0.29) is 11.9 Å². The quantitative estimate of drug-likeness (QED) is 0.876. The van der Waals surface area contributed by atoms with Gasteiger partial charge >= 0.3 is 0 Å². The molecule has 2 unspecified atom stereocenters. The number of amides is 1. The van der Waals surface area contributed by atoms with Gasteiger partial charge in [-0.1, -0.05) is 23.7 Å². The van der Waals surface area contributed by atoms with Crippen LogP contribution in [-0.2, 0) is 4.79 Å². The molecule has 1 aliphatic heterocycles. The van der Waals surface area contributed by atoms with E-state index in [1.807, 2.05) is 38.2 Å². The number of likely N-dealkylation sites (tertiary alicyclic amines) is 1. The Morgan fingerprint density at radius 2 is 2.14 bits per heavy atom. The normalized spacial score (nSPS) is 21.0. The Morgan fingerprint density at radius 1 is 1.43 bits per heavy atom. The van der Waals surface area contributed by atoms with E-state index in [0.29, 0.717) is 17.6 Å². The Kier molecular flexibility index (Phi) is 6.03. The van der Waals surface area contributed by atoms with Crippen molar-refractivity contribution in [2.45, 2.75) is 31.8 Å². The predicted molar refractivity (Wildman–Crippen MR) is 86.5 cm³/mol.